The number of likely N-dealkylation sites (tertiary alicyclic amines) is 1. The van der Waals surface area contributed by atoms with Crippen LogP contribution in [0, 0.1) is 5.92 Å². The number of hydrogen-bond acceptors (Lipinski definition) is 4. The van der Waals surface area contributed by atoms with Crippen molar-refractivity contribution in [3.8, 4) is 5.75 Å². The smallest absolute Gasteiger partial charge is 0.228 e. The summed E-state index contributed by atoms with van der Waals surface area (Å²) in [7, 11) is 0. The fraction of sp³-hybridized carbons (Fsp3) is 0.409. The van der Waals surface area contributed by atoms with E-state index in [0.717, 1.165) is 15.8 Å². The van der Waals surface area contributed by atoms with Crippen molar-refractivity contribution in [3.05, 3.63) is 52.6 Å². The lowest BCUT2D eigenvalue weighted by atomic mass is 9.95. The molecule has 154 valence electrons. The van der Waals surface area contributed by atoms with Crippen molar-refractivity contribution in [2.75, 3.05) is 18.4 Å². The third kappa shape index (κ3) is 6.29. The Bertz CT molecular complexity index is 847. The molecule has 1 fully saturated rings. The average molecular weight is 460 g/mol. The first-order valence-electron chi connectivity index (χ1n) is 9.86. The molecule has 29 heavy (non-hydrogen) atoms. The van der Waals surface area contributed by atoms with Crippen molar-refractivity contribution in [2.45, 2.75) is 39.2 Å². The number of carbonyl (C=O) groups excluding carboxylic acids is 2. The highest BCUT2D eigenvalue weighted by Crippen LogP contribution is 2.21. The number of nitrogens with zero attached hydrogens (tertiary/aromatic N) is 2. The van der Waals surface area contributed by atoms with Crippen molar-refractivity contribution in [1.29, 1.82) is 0 Å². The number of amides is 2. The Kier molecular flexibility index (Phi) is 7.25. The van der Waals surface area contributed by atoms with Gasteiger partial charge in [0.1, 0.15) is 11.6 Å². The van der Waals surface area contributed by atoms with Gasteiger partial charge in [0, 0.05) is 29.7 Å². The van der Waals surface area contributed by atoms with E-state index in [0.29, 0.717) is 38.2 Å². The number of anilines is 1. The van der Waals surface area contributed by atoms with Crippen molar-refractivity contribution in [3.63, 3.8) is 0 Å². The number of aromatic nitrogens is 1. The van der Waals surface area contributed by atoms with E-state index in [4.69, 9.17) is 4.74 Å². The molecule has 0 bridgehead atoms. The summed E-state index contributed by atoms with van der Waals surface area (Å²) in [6, 6.07) is 11.3. The van der Waals surface area contributed by atoms with Gasteiger partial charge in [-0.2, -0.15) is 0 Å². The Hall–Kier alpha value is -2.41. The van der Waals surface area contributed by atoms with Gasteiger partial charge in [0.2, 0.25) is 11.8 Å². The molecule has 2 aromatic rings. The average Bonchev–Trinajstić information content (AvgIpc) is 2.69. The molecule has 1 saturated heterocycles. The maximum atomic E-state index is 12.7. The quantitative estimate of drug-likeness (QED) is 0.706. The number of pyridine rings is 1. The highest BCUT2D eigenvalue weighted by molar-refractivity contribution is 9.10. The molecule has 1 aliphatic rings. The molecule has 2 heterocycles. The molecule has 1 N–H and O–H groups in total. The number of rotatable bonds is 6. The molecule has 0 radical (unpaired) electrons. The summed E-state index contributed by atoms with van der Waals surface area (Å²) in [6.45, 7) is 5.13. The zero-order chi connectivity index (χ0) is 20.8. The molecule has 0 aliphatic carbocycles. The number of ether oxygens (including phenoxy) is 1. The van der Waals surface area contributed by atoms with E-state index in [1.165, 1.54) is 0 Å². The topological polar surface area (TPSA) is 71.5 Å². The minimum absolute atomic E-state index is 0.0366. The van der Waals surface area contributed by atoms with Gasteiger partial charge in [0.25, 0.3) is 0 Å². The predicted octanol–water partition coefficient (Wildman–Crippen LogP) is 4.05. The maximum Gasteiger partial charge on any atom is 0.228 e. The van der Waals surface area contributed by atoms with Crippen molar-refractivity contribution in [1.82, 2.24) is 9.88 Å². The van der Waals surface area contributed by atoms with Gasteiger partial charge in [-0.1, -0.05) is 12.1 Å². The molecule has 0 unspecified atom stereocenters. The van der Waals surface area contributed by atoms with Crippen LogP contribution in [-0.4, -0.2) is 40.9 Å². The van der Waals surface area contributed by atoms with Gasteiger partial charge in [-0.3, -0.25) is 9.59 Å². The summed E-state index contributed by atoms with van der Waals surface area (Å²) >= 11 is 3.33. The van der Waals surface area contributed by atoms with Crippen LogP contribution >= 0.6 is 15.9 Å². The van der Waals surface area contributed by atoms with Gasteiger partial charge < -0.3 is 15.0 Å². The van der Waals surface area contributed by atoms with Crippen LogP contribution in [0.3, 0.4) is 0 Å². The summed E-state index contributed by atoms with van der Waals surface area (Å²) < 4.78 is 6.57. The molecule has 1 aromatic heterocycles. The summed E-state index contributed by atoms with van der Waals surface area (Å²) in [6.07, 6.45) is 3.40. The van der Waals surface area contributed by atoms with Gasteiger partial charge in [-0.05, 0) is 72.4 Å². The molecule has 0 spiro atoms. The van der Waals surface area contributed by atoms with E-state index >= 15 is 0 Å². The fourth-order valence-electron chi connectivity index (χ4n) is 3.36. The Morgan fingerprint density at radius 2 is 2.00 bits per heavy atom. The Balaban J connectivity index is 1.49. The van der Waals surface area contributed by atoms with Crippen molar-refractivity contribution >= 4 is 33.6 Å². The highest BCUT2D eigenvalue weighted by Gasteiger charge is 2.27. The third-order valence-corrected chi connectivity index (χ3v) is 5.29. The molecule has 3 rings (SSSR count). The fourth-order valence-corrected chi connectivity index (χ4v) is 3.59. The zero-order valence-electron chi connectivity index (χ0n) is 16.7. The zero-order valence-corrected chi connectivity index (χ0v) is 18.3. The second kappa shape index (κ2) is 9.87. The normalized spacial score (nSPS) is 14.7. The van der Waals surface area contributed by atoms with Crippen LogP contribution in [0.15, 0.2) is 47.1 Å². The van der Waals surface area contributed by atoms with E-state index in [9.17, 15) is 9.59 Å². The van der Waals surface area contributed by atoms with E-state index in [-0.39, 0.29) is 23.8 Å². The van der Waals surface area contributed by atoms with Gasteiger partial charge >= 0.3 is 0 Å². The summed E-state index contributed by atoms with van der Waals surface area (Å²) in [5.41, 5.74) is 0.939. The predicted molar refractivity (Wildman–Crippen MR) is 116 cm³/mol. The van der Waals surface area contributed by atoms with Crippen LogP contribution < -0.4 is 10.1 Å². The SMILES string of the molecule is CC(C)Oc1cccc(CC(=O)N2CCC(C(=O)Nc3ccc(Br)cn3)CC2)c1. The van der Waals surface area contributed by atoms with Crippen LogP contribution in [0.2, 0.25) is 0 Å². The second-order valence-corrected chi connectivity index (χ2v) is 8.41. The standard InChI is InChI=1S/C22H26BrN3O3/c1-15(2)29-19-5-3-4-16(12-19)13-21(27)26-10-8-17(9-11-26)22(28)25-20-7-6-18(23)14-24-20/h3-7,12,14-15,17H,8-11,13H2,1-2H3,(H,24,25,28). The molecular formula is C22H26BrN3O3. The lowest BCUT2D eigenvalue weighted by Crippen LogP contribution is -2.42. The Morgan fingerprint density at radius 1 is 1.24 bits per heavy atom. The van der Waals surface area contributed by atoms with Crippen LogP contribution in [0.1, 0.15) is 32.3 Å². The minimum atomic E-state index is -0.104. The Labute approximate surface area is 179 Å². The molecular weight excluding hydrogens is 434 g/mol. The number of nitrogens with one attached hydrogen (secondary N) is 1. The van der Waals surface area contributed by atoms with Gasteiger partial charge in [-0.25, -0.2) is 4.98 Å². The van der Waals surface area contributed by atoms with Crippen LogP contribution in [0.25, 0.3) is 0 Å². The number of halogens is 1. The van der Waals surface area contributed by atoms with E-state index in [2.05, 4.69) is 26.2 Å². The van der Waals surface area contributed by atoms with Gasteiger partial charge in [0.15, 0.2) is 0 Å². The van der Waals surface area contributed by atoms with Crippen molar-refractivity contribution in [2.24, 2.45) is 5.92 Å². The molecule has 0 saturated carbocycles. The van der Waals surface area contributed by atoms with Gasteiger partial charge in [0.05, 0.1) is 12.5 Å². The minimum Gasteiger partial charge on any atom is -0.491 e. The second-order valence-electron chi connectivity index (χ2n) is 7.50. The number of hydrogen-bond donors (Lipinski definition) is 1. The summed E-state index contributed by atoms with van der Waals surface area (Å²) in [4.78, 5) is 31.2. The van der Waals surface area contributed by atoms with Crippen LogP contribution in [0.4, 0.5) is 5.82 Å². The molecule has 6 nitrogen and oxygen atoms in total. The highest BCUT2D eigenvalue weighted by atomic mass is 79.9. The number of piperidine rings is 1. The molecule has 1 aliphatic heterocycles. The van der Waals surface area contributed by atoms with Crippen LogP contribution in [-0.2, 0) is 16.0 Å². The summed E-state index contributed by atoms with van der Waals surface area (Å²) in [5, 5.41) is 2.86. The molecule has 2 amide bonds. The lowest BCUT2D eigenvalue weighted by Gasteiger charge is -2.31. The first-order chi connectivity index (χ1) is 13.9. The van der Waals surface area contributed by atoms with E-state index in [1.54, 1.807) is 12.3 Å². The first kappa shape index (κ1) is 21.3. The summed E-state index contributed by atoms with van der Waals surface area (Å²) in [5.74, 6) is 1.26. The van der Waals surface area contributed by atoms with E-state index < -0.39 is 0 Å². The lowest BCUT2D eigenvalue weighted by molar-refractivity contribution is -0.133. The number of benzene rings is 1. The first-order valence-corrected chi connectivity index (χ1v) is 10.7. The monoisotopic (exact) mass is 459 g/mol. The van der Waals surface area contributed by atoms with Gasteiger partial charge in [-0.15, -0.1) is 0 Å². The Morgan fingerprint density at radius 3 is 2.66 bits per heavy atom. The maximum absolute atomic E-state index is 12.7. The third-order valence-electron chi connectivity index (χ3n) is 4.82. The van der Waals surface area contributed by atoms with Crippen LogP contribution in [0.5, 0.6) is 5.75 Å². The largest absolute Gasteiger partial charge is 0.491 e. The molecule has 0 atom stereocenters. The molecule has 7 heteroatoms. The molecule has 1 aromatic carbocycles. The van der Waals surface area contributed by atoms with E-state index in [1.807, 2.05) is 49.1 Å². The number of carbonyl (C=O) groups is 2. The van der Waals surface area contributed by atoms with Crippen molar-refractivity contribution < 1.29 is 14.3 Å².